The van der Waals surface area contributed by atoms with E-state index in [2.05, 4.69) is 15.8 Å². The van der Waals surface area contributed by atoms with Crippen LogP contribution < -0.4 is 21.0 Å². The van der Waals surface area contributed by atoms with Gasteiger partial charge in [-0.05, 0) is 66.7 Å². The van der Waals surface area contributed by atoms with Crippen LogP contribution >= 0.6 is 11.6 Å². The fourth-order valence-corrected chi connectivity index (χ4v) is 3.66. The van der Waals surface area contributed by atoms with Gasteiger partial charge in [-0.15, -0.1) is 0 Å². The van der Waals surface area contributed by atoms with Crippen molar-refractivity contribution >= 4 is 58.9 Å². The molecule has 0 bridgehead atoms. The number of nitrogens with one attached hydrogen (secondary N) is 3. The maximum Gasteiger partial charge on any atom is 0.416 e. The zero-order chi connectivity index (χ0) is 29.0. The van der Waals surface area contributed by atoms with Gasteiger partial charge in [0.05, 0.1) is 11.3 Å². The number of carbonyl (C=O) groups excluding carboxylic acids is 5. The Balaban J connectivity index is 1.40. The number of nitrogens with zero attached hydrogens (tertiary/aromatic N) is 2. The van der Waals surface area contributed by atoms with Gasteiger partial charge in [0.2, 0.25) is 5.91 Å². The van der Waals surface area contributed by atoms with E-state index < -0.39 is 53.0 Å². The summed E-state index contributed by atoms with van der Waals surface area (Å²) in [5, 5.41) is 8.60. The van der Waals surface area contributed by atoms with Crippen LogP contribution in [0.3, 0.4) is 0 Å². The fraction of sp³-hybridized carbons (Fsp3) is 0.0769. The summed E-state index contributed by atoms with van der Waals surface area (Å²) < 4.78 is 39.2. The number of benzene rings is 3. The smallest absolute Gasteiger partial charge is 0.322 e. The van der Waals surface area contributed by atoms with E-state index >= 15 is 0 Å². The van der Waals surface area contributed by atoms with Crippen LogP contribution in [0, 0.1) is 5.92 Å². The Morgan fingerprint density at radius 1 is 0.925 bits per heavy atom. The lowest BCUT2D eigenvalue weighted by atomic mass is 10.1. The van der Waals surface area contributed by atoms with E-state index in [1.54, 1.807) is 24.3 Å². The Morgan fingerprint density at radius 3 is 2.20 bits per heavy atom. The lowest BCUT2D eigenvalue weighted by Gasteiger charge is -2.28. The summed E-state index contributed by atoms with van der Waals surface area (Å²) in [7, 11) is 0. The van der Waals surface area contributed by atoms with Crippen LogP contribution in [-0.4, -0.2) is 35.9 Å². The second kappa shape index (κ2) is 11.4. The molecule has 1 aliphatic heterocycles. The highest BCUT2D eigenvalue weighted by Gasteiger charge is 2.41. The van der Waals surface area contributed by atoms with Gasteiger partial charge in [-0.25, -0.2) is 15.1 Å². The second-order valence-electron chi connectivity index (χ2n) is 8.25. The number of barbiturate groups is 1. The summed E-state index contributed by atoms with van der Waals surface area (Å²) in [5.41, 5.74) is 1.49. The van der Waals surface area contributed by atoms with E-state index in [-0.39, 0.29) is 5.56 Å². The van der Waals surface area contributed by atoms with Gasteiger partial charge in [0.15, 0.2) is 5.92 Å². The minimum atomic E-state index is -4.73. The average Bonchev–Trinajstić information content (AvgIpc) is 2.90. The highest BCUT2D eigenvalue weighted by atomic mass is 35.5. The van der Waals surface area contributed by atoms with Crippen LogP contribution in [0.2, 0.25) is 5.02 Å². The van der Waals surface area contributed by atoms with Crippen molar-refractivity contribution in [1.82, 2.24) is 10.7 Å². The molecule has 3 aromatic rings. The number of imide groups is 2. The van der Waals surface area contributed by atoms with Gasteiger partial charge in [0, 0.05) is 28.1 Å². The summed E-state index contributed by atoms with van der Waals surface area (Å²) in [6, 6.07) is 14.1. The van der Waals surface area contributed by atoms with Crippen molar-refractivity contribution in [2.45, 2.75) is 6.18 Å². The van der Waals surface area contributed by atoms with E-state index in [0.29, 0.717) is 27.2 Å². The Morgan fingerprint density at radius 2 is 1.55 bits per heavy atom. The molecule has 1 aliphatic rings. The number of carbonyl (C=O) groups is 5. The molecule has 40 heavy (non-hydrogen) atoms. The Kier molecular flexibility index (Phi) is 7.95. The third kappa shape index (κ3) is 6.32. The van der Waals surface area contributed by atoms with Crippen LogP contribution in [-0.2, 0) is 15.8 Å². The van der Waals surface area contributed by atoms with Crippen molar-refractivity contribution in [3.05, 3.63) is 94.5 Å². The van der Waals surface area contributed by atoms with E-state index in [1.807, 2.05) is 5.32 Å². The van der Waals surface area contributed by atoms with Crippen molar-refractivity contribution in [3.8, 4) is 0 Å². The van der Waals surface area contributed by atoms with E-state index in [1.165, 1.54) is 24.3 Å². The van der Waals surface area contributed by atoms with Crippen molar-refractivity contribution < 1.29 is 37.1 Å². The number of hydrogen-bond acceptors (Lipinski definition) is 6. The van der Waals surface area contributed by atoms with Crippen LogP contribution in [0.1, 0.15) is 26.3 Å². The molecule has 3 N–H and O–H groups in total. The molecule has 1 atom stereocenters. The molecule has 4 rings (SSSR count). The van der Waals surface area contributed by atoms with E-state index in [0.717, 1.165) is 24.4 Å². The number of hydrogen-bond donors (Lipinski definition) is 3. The van der Waals surface area contributed by atoms with Gasteiger partial charge >= 0.3 is 12.2 Å². The molecule has 10 nitrogen and oxygen atoms in total. The molecule has 6 amide bonds. The average molecular weight is 572 g/mol. The van der Waals surface area contributed by atoms with Crippen LogP contribution in [0.5, 0.6) is 0 Å². The molecular weight excluding hydrogens is 555 g/mol. The summed E-state index contributed by atoms with van der Waals surface area (Å²) in [5.74, 6) is -5.07. The molecule has 1 fully saturated rings. The van der Waals surface area contributed by atoms with Crippen molar-refractivity contribution in [2.75, 3.05) is 10.2 Å². The molecule has 204 valence electrons. The maximum atomic E-state index is 13.1. The third-order valence-corrected chi connectivity index (χ3v) is 5.79. The van der Waals surface area contributed by atoms with Crippen molar-refractivity contribution in [1.29, 1.82) is 0 Å². The van der Waals surface area contributed by atoms with Crippen molar-refractivity contribution in [3.63, 3.8) is 0 Å². The highest BCUT2D eigenvalue weighted by molar-refractivity contribution is 6.32. The lowest BCUT2D eigenvalue weighted by molar-refractivity contribution is -0.138. The molecule has 14 heteroatoms. The molecule has 0 spiro atoms. The number of hydrazone groups is 1. The second-order valence-corrected chi connectivity index (χ2v) is 8.69. The number of amides is 6. The Hall–Kier alpha value is -5.04. The topological polar surface area (TPSA) is 137 Å². The predicted molar refractivity (Wildman–Crippen MR) is 138 cm³/mol. The summed E-state index contributed by atoms with van der Waals surface area (Å²) in [6.07, 6.45) is -3.98. The van der Waals surface area contributed by atoms with Gasteiger partial charge in [0.25, 0.3) is 17.7 Å². The van der Waals surface area contributed by atoms with Gasteiger partial charge < -0.3 is 5.32 Å². The lowest BCUT2D eigenvalue weighted by Crippen LogP contribution is -2.58. The molecule has 0 aliphatic carbocycles. The molecule has 0 radical (unpaired) electrons. The zero-order valence-corrected chi connectivity index (χ0v) is 20.8. The molecule has 1 heterocycles. The molecule has 0 aromatic heterocycles. The molecule has 3 aromatic carbocycles. The molecule has 1 saturated heterocycles. The summed E-state index contributed by atoms with van der Waals surface area (Å²) in [6.45, 7) is 0. The first-order valence-electron chi connectivity index (χ1n) is 11.3. The first-order valence-corrected chi connectivity index (χ1v) is 11.7. The monoisotopic (exact) mass is 571 g/mol. The quantitative estimate of drug-likeness (QED) is 0.231. The maximum absolute atomic E-state index is 13.1. The summed E-state index contributed by atoms with van der Waals surface area (Å²) in [4.78, 5) is 62.3. The SMILES string of the molecule is O=C(N/N=C\[C@@H]1C(=O)NC(=O)N(c2cccc(C(F)(F)F)c2)C1=O)c1ccc(NC(=O)c2ccc(Cl)cc2)cc1. The first-order chi connectivity index (χ1) is 18.9. The van der Waals surface area contributed by atoms with Crippen molar-refractivity contribution in [2.24, 2.45) is 11.0 Å². The van der Waals surface area contributed by atoms with Gasteiger partial charge in [-0.2, -0.15) is 18.3 Å². The Labute approximate surface area is 228 Å². The number of halogens is 4. The zero-order valence-electron chi connectivity index (χ0n) is 20.0. The normalized spacial score (nSPS) is 15.7. The van der Waals surface area contributed by atoms with Gasteiger partial charge in [0.1, 0.15) is 0 Å². The summed E-state index contributed by atoms with van der Waals surface area (Å²) >= 11 is 5.81. The van der Waals surface area contributed by atoms with Gasteiger partial charge in [-0.3, -0.25) is 24.5 Å². The minimum Gasteiger partial charge on any atom is -0.322 e. The van der Waals surface area contributed by atoms with E-state index in [4.69, 9.17) is 11.6 Å². The highest BCUT2D eigenvalue weighted by Crippen LogP contribution is 2.32. The molecular formula is C26H17ClF3N5O5. The fourth-order valence-electron chi connectivity index (χ4n) is 3.53. The Bertz CT molecular complexity index is 1520. The van der Waals surface area contributed by atoms with Crippen LogP contribution in [0.15, 0.2) is 77.9 Å². The first kappa shape index (κ1) is 28.0. The van der Waals surface area contributed by atoms with Gasteiger partial charge in [-0.1, -0.05) is 17.7 Å². The number of anilines is 2. The molecule has 0 saturated carbocycles. The third-order valence-electron chi connectivity index (χ3n) is 5.53. The number of urea groups is 1. The number of alkyl halides is 3. The van der Waals surface area contributed by atoms with Crippen LogP contribution in [0.25, 0.3) is 0 Å². The van der Waals surface area contributed by atoms with Crippen LogP contribution in [0.4, 0.5) is 29.3 Å². The molecule has 0 unspecified atom stereocenters. The minimum absolute atomic E-state index is 0.113. The largest absolute Gasteiger partial charge is 0.416 e. The predicted octanol–water partition coefficient (Wildman–Crippen LogP) is 4.23. The number of rotatable bonds is 6. The standard InChI is InChI=1S/C26H17ClF3N5O5/c27-17-8-4-14(5-9-17)21(36)32-18-10-6-15(7-11-18)22(37)34-31-13-20-23(38)33-25(40)35(24(20)39)19-3-1-2-16(12-19)26(28,29)30/h1-13,20H,(H,32,36)(H,34,37)(H,33,38,40)/b31-13-/t20-/m1/s1. The van der Waals surface area contributed by atoms with E-state index in [9.17, 15) is 37.1 Å².